The fraction of sp³-hybridized carbons (Fsp3) is 0.500. The summed E-state index contributed by atoms with van der Waals surface area (Å²) in [7, 11) is 1.82. The van der Waals surface area contributed by atoms with Crippen molar-refractivity contribution < 1.29 is 4.79 Å². The van der Waals surface area contributed by atoms with Gasteiger partial charge in [0.05, 0.1) is 11.4 Å². The molecule has 0 spiro atoms. The van der Waals surface area contributed by atoms with E-state index in [1.165, 1.54) is 0 Å². The van der Waals surface area contributed by atoms with E-state index in [-0.39, 0.29) is 11.8 Å². The van der Waals surface area contributed by atoms with E-state index in [1.54, 1.807) is 4.90 Å². The molecule has 2 N–H and O–H groups in total. The number of nitrogens with two attached hydrogens (primary N) is 1. The maximum atomic E-state index is 12.4. The van der Waals surface area contributed by atoms with Crippen molar-refractivity contribution in [1.29, 1.82) is 0 Å². The summed E-state index contributed by atoms with van der Waals surface area (Å²) in [5, 5.41) is 0. The summed E-state index contributed by atoms with van der Waals surface area (Å²) in [6.45, 7) is 2.16. The Hall–Kier alpha value is -1.51. The van der Waals surface area contributed by atoms with E-state index in [4.69, 9.17) is 5.73 Å². The molecule has 0 heterocycles. The second-order valence-electron chi connectivity index (χ2n) is 4.97. The predicted molar refractivity (Wildman–Crippen MR) is 70.8 cm³/mol. The smallest absolute Gasteiger partial charge is 0.230 e. The fourth-order valence-electron chi connectivity index (χ4n) is 2.67. The molecular formula is C14H20N2O. The second kappa shape index (κ2) is 4.78. The molecule has 0 saturated heterocycles. The summed E-state index contributed by atoms with van der Waals surface area (Å²) in [5.41, 5.74) is 7.38. The largest absolute Gasteiger partial charge is 0.397 e. The maximum absolute atomic E-state index is 12.4. The van der Waals surface area contributed by atoms with Crippen molar-refractivity contribution in [1.82, 2.24) is 0 Å². The van der Waals surface area contributed by atoms with Gasteiger partial charge < -0.3 is 10.6 Å². The zero-order valence-corrected chi connectivity index (χ0v) is 10.5. The van der Waals surface area contributed by atoms with Gasteiger partial charge in [0.25, 0.3) is 0 Å². The van der Waals surface area contributed by atoms with Crippen molar-refractivity contribution >= 4 is 17.3 Å². The van der Waals surface area contributed by atoms with Gasteiger partial charge in [0.2, 0.25) is 5.91 Å². The quantitative estimate of drug-likeness (QED) is 0.797. The van der Waals surface area contributed by atoms with Gasteiger partial charge in [0.15, 0.2) is 0 Å². The average molecular weight is 232 g/mol. The van der Waals surface area contributed by atoms with Gasteiger partial charge in [-0.1, -0.05) is 25.5 Å². The normalized spacial score (nSPS) is 23.6. The van der Waals surface area contributed by atoms with Crippen LogP contribution in [0.25, 0.3) is 0 Å². The van der Waals surface area contributed by atoms with Crippen molar-refractivity contribution in [2.75, 3.05) is 17.7 Å². The van der Waals surface area contributed by atoms with Gasteiger partial charge in [-0.2, -0.15) is 0 Å². The van der Waals surface area contributed by atoms with Gasteiger partial charge in [-0.3, -0.25) is 4.79 Å². The lowest BCUT2D eigenvalue weighted by Crippen LogP contribution is -2.34. The Kier molecular flexibility index (Phi) is 3.36. The molecule has 3 nitrogen and oxygen atoms in total. The molecule has 0 bridgehead atoms. The summed E-state index contributed by atoms with van der Waals surface area (Å²) >= 11 is 0. The highest BCUT2D eigenvalue weighted by atomic mass is 16.2. The molecule has 0 radical (unpaired) electrons. The van der Waals surface area contributed by atoms with Crippen molar-refractivity contribution in [3.63, 3.8) is 0 Å². The second-order valence-corrected chi connectivity index (χ2v) is 4.97. The lowest BCUT2D eigenvalue weighted by molar-refractivity contribution is -0.122. The van der Waals surface area contributed by atoms with Gasteiger partial charge in [0.1, 0.15) is 0 Å². The van der Waals surface area contributed by atoms with E-state index in [1.807, 2.05) is 31.3 Å². The number of hydrogen-bond donors (Lipinski definition) is 1. The Morgan fingerprint density at radius 3 is 2.65 bits per heavy atom. The van der Waals surface area contributed by atoms with Crippen LogP contribution >= 0.6 is 0 Å². The van der Waals surface area contributed by atoms with Crippen molar-refractivity contribution in [3.8, 4) is 0 Å². The highest BCUT2D eigenvalue weighted by Gasteiger charge is 2.32. The molecule has 1 amide bonds. The zero-order chi connectivity index (χ0) is 12.4. The summed E-state index contributed by atoms with van der Waals surface area (Å²) in [6.07, 6.45) is 3.33. The minimum atomic E-state index is 0.166. The molecule has 3 heteroatoms. The molecule has 2 atom stereocenters. The number of carbonyl (C=O) groups excluding carboxylic acids is 1. The van der Waals surface area contributed by atoms with Crippen LogP contribution in [0.4, 0.5) is 11.4 Å². The Balaban J connectivity index is 2.17. The molecular weight excluding hydrogens is 212 g/mol. The fourth-order valence-corrected chi connectivity index (χ4v) is 2.67. The third kappa shape index (κ3) is 2.28. The van der Waals surface area contributed by atoms with Crippen LogP contribution in [-0.4, -0.2) is 13.0 Å². The lowest BCUT2D eigenvalue weighted by Gasteiger charge is -2.24. The topological polar surface area (TPSA) is 46.3 Å². The zero-order valence-electron chi connectivity index (χ0n) is 10.5. The van der Waals surface area contributed by atoms with E-state index in [0.717, 1.165) is 24.9 Å². The van der Waals surface area contributed by atoms with E-state index >= 15 is 0 Å². The maximum Gasteiger partial charge on any atom is 0.230 e. The summed E-state index contributed by atoms with van der Waals surface area (Å²) in [6, 6.07) is 7.52. The van der Waals surface area contributed by atoms with Crippen molar-refractivity contribution in [2.24, 2.45) is 11.8 Å². The molecule has 1 aromatic carbocycles. The summed E-state index contributed by atoms with van der Waals surface area (Å²) in [4.78, 5) is 14.1. The Labute approximate surface area is 103 Å². The van der Waals surface area contributed by atoms with Crippen LogP contribution in [0.3, 0.4) is 0 Å². The van der Waals surface area contributed by atoms with E-state index in [0.29, 0.717) is 11.6 Å². The van der Waals surface area contributed by atoms with Gasteiger partial charge in [0, 0.05) is 13.0 Å². The number of para-hydroxylation sites is 2. The lowest BCUT2D eigenvalue weighted by atomic mass is 9.96. The van der Waals surface area contributed by atoms with Crippen molar-refractivity contribution in [2.45, 2.75) is 26.2 Å². The molecule has 17 heavy (non-hydrogen) atoms. The predicted octanol–water partition coefficient (Wildman–Crippen LogP) is 2.67. The van der Waals surface area contributed by atoms with E-state index in [2.05, 4.69) is 6.92 Å². The monoisotopic (exact) mass is 232 g/mol. The van der Waals surface area contributed by atoms with Crippen LogP contribution in [-0.2, 0) is 4.79 Å². The van der Waals surface area contributed by atoms with Crippen molar-refractivity contribution in [3.05, 3.63) is 24.3 Å². The number of hydrogen-bond acceptors (Lipinski definition) is 2. The minimum Gasteiger partial charge on any atom is -0.397 e. The Bertz CT molecular complexity index is 416. The van der Waals surface area contributed by atoms with E-state index in [9.17, 15) is 4.79 Å². The number of amides is 1. The standard InChI is InChI=1S/C14H20N2O/c1-10-6-5-7-11(10)14(17)16(2)13-9-4-3-8-12(13)15/h3-4,8-11H,5-7,15H2,1-2H3. The number of nitrogens with zero attached hydrogens (tertiary/aromatic N) is 1. The SMILES string of the molecule is CC1CCCC1C(=O)N(C)c1ccccc1N. The summed E-state index contributed by atoms with van der Waals surface area (Å²) < 4.78 is 0. The first kappa shape index (κ1) is 12.0. The van der Waals surface area contributed by atoms with Crippen LogP contribution in [0.15, 0.2) is 24.3 Å². The number of benzene rings is 1. The molecule has 92 valence electrons. The molecule has 1 aromatic rings. The molecule has 0 aliphatic heterocycles. The van der Waals surface area contributed by atoms with Gasteiger partial charge >= 0.3 is 0 Å². The number of nitrogen functional groups attached to an aromatic ring is 1. The summed E-state index contributed by atoms with van der Waals surface area (Å²) in [5.74, 6) is 0.863. The third-order valence-electron chi connectivity index (χ3n) is 3.81. The van der Waals surface area contributed by atoms with E-state index < -0.39 is 0 Å². The molecule has 1 fully saturated rings. The minimum absolute atomic E-state index is 0.166. The highest BCUT2D eigenvalue weighted by Crippen LogP contribution is 2.34. The molecule has 1 aliphatic rings. The molecule has 2 rings (SSSR count). The van der Waals surface area contributed by atoms with Crippen LogP contribution in [0.2, 0.25) is 0 Å². The van der Waals surface area contributed by atoms with Gasteiger partial charge in [-0.25, -0.2) is 0 Å². The van der Waals surface area contributed by atoms with Gasteiger partial charge in [-0.05, 0) is 30.9 Å². The highest BCUT2D eigenvalue weighted by molar-refractivity contribution is 5.97. The van der Waals surface area contributed by atoms with Crippen LogP contribution in [0.5, 0.6) is 0 Å². The molecule has 1 saturated carbocycles. The number of anilines is 2. The van der Waals surface area contributed by atoms with Gasteiger partial charge in [-0.15, -0.1) is 0 Å². The Morgan fingerprint density at radius 1 is 1.35 bits per heavy atom. The van der Waals surface area contributed by atoms with Crippen LogP contribution < -0.4 is 10.6 Å². The first-order valence-corrected chi connectivity index (χ1v) is 6.23. The average Bonchev–Trinajstić information content (AvgIpc) is 2.74. The Morgan fingerprint density at radius 2 is 2.06 bits per heavy atom. The van der Waals surface area contributed by atoms with Crippen LogP contribution in [0, 0.1) is 11.8 Å². The van der Waals surface area contributed by atoms with Crippen LogP contribution in [0.1, 0.15) is 26.2 Å². The molecule has 0 aromatic heterocycles. The third-order valence-corrected chi connectivity index (χ3v) is 3.81. The molecule has 1 aliphatic carbocycles. The molecule has 2 unspecified atom stereocenters. The number of rotatable bonds is 2. The first-order valence-electron chi connectivity index (χ1n) is 6.23. The first-order chi connectivity index (χ1) is 8.11. The number of carbonyl (C=O) groups is 1.